The molecule has 0 aliphatic carbocycles. The van der Waals surface area contributed by atoms with Gasteiger partial charge in [0.05, 0.1) is 26.0 Å². The summed E-state index contributed by atoms with van der Waals surface area (Å²) in [4.78, 5) is 47.0. The van der Waals surface area contributed by atoms with Crippen LogP contribution < -0.4 is 25.6 Å². The zero-order valence-electron chi connectivity index (χ0n) is 26.0. The molecule has 0 aliphatic rings. The molecule has 0 aromatic heterocycles. The SMILES string of the molecule is CCCCCCCC/C=C\CCCCCCCC(=O)N[C@H](COP(=O)([O-])[O-])Cc1ccc(OC(=O)c2ccc(N)cc2)cc1. The Hall–Kier alpha value is -2.97. The van der Waals surface area contributed by atoms with Crippen LogP contribution in [0.1, 0.15) is 113 Å². The lowest BCUT2D eigenvalue weighted by Crippen LogP contribution is -2.40. The van der Waals surface area contributed by atoms with Crippen molar-refractivity contribution in [3.05, 3.63) is 71.8 Å². The first-order valence-corrected chi connectivity index (χ1v) is 17.4. The summed E-state index contributed by atoms with van der Waals surface area (Å²) in [5.74, 6) is -0.439. The Labute approximate surface area is 262 Å². The maximum Gasteiger partial charge on any atom is 0.343 e. The second-order valence-corrected chi connectivity index (χ2v) is 12.4. The van der Waals surface area contributed by atoms with Gasteiger partial charge in [-0.2, -0.15) is 0 Å². The van der Waals surface area contributed by atoms with Gasteiger partial charge >= 0.3 is 5.97 Å². The largest absolute Gasteiger partial charge is 0.790 e. The number of esters is 1. The van der Waals surface area contributed by atoms with Crippen molar-refractivity contribution in [3.63, 3.8) is 0 Å². The number of unbranched alkanes of at least 4 members (excludes halogenated alkanes) is 11. The minimum Gasteiger partial charge on any atom is -0.790 e. The third-order valence-corrected chi connectivity index (χ3v) is 7.69. The third-order valence-electron chi connectivity index (χ3n) is 7.23. The molecule has 0 unspecified atom stereocenters. The van der Waals surface area contributed by atoms with E-state index in [0.717, 1.165) is 44.1 Å². The Balaban J connectivity index is 1.68. The number of allylic oxidation sites excluding steroid dienone is 2. The smallest absolute Gasteiger partial charge is 0.343 e. The molecule has 10 heteroatoms. The molecule has 0 aliphatic heterocycles. The average Bonchev–Trinajstić information content (AvgIpc) is 2.99. The van der Waals surface area contributed by atoms with Crippen LogP contribution in [-0.4, -0.2) is 24.5 Å². The molecule has 0 fully saturated rings. The lowest BCUT2D eigenvalue weighted by atomic mass is 10.1. The van der Waals surface area contributed by atoms with E-state index < -0.39 is 26.4 Å². The Morgan fingerprint density at radius 2 is 1.41 bits per heavy atom. The number of nitrogens with two attached hydrogens (primary N) is 1. The lowest BCUT2D eigenvalue weighted by Gasteiger charge is -2.31. The second-order valence-electron chi connectivity index (χ2n) is 11.2. The number of amides is 1. The van der Waals surface area contributed by atoms with E-state index >= 15 is 0 Å². The van der Waals surface area contributed by atoms with Gasteiger partial charge in [-0.05, 0) is 80.5 Å². The van der Waals surface area contributed by atoms with Crippen LogP contribution in [0.2, 0.25) is 0 Å². The zero-order chi connectivity index (χ0) is 32.0. The summed E-state index contributed by atoms with van der Waals surface area (Å²) >= 11 is 0. The Morgan fingerprint density at radius 3 is 2.00 bits per heavy atom. The number of hydrogen-bond donors (Lipinski definition) is 2. The fourth-order valence-corrected chi connectivity index (χ4v) is 5.11. The highest BCUT2D eigenvalue weighted by atomic mass is 31.2. The van der Waals surface area contributed by atoms with Gasteiger partial charge in [0.15, 0.2) is 0 Å². The van der Waals surface area contributed by atoms with Gasteiger partial charge in [0.2, 0.25) is 5.91 Å². The number of nitrogen functional groups attached to an aromatic ring is 1. The van der Waals surface area contributed by atoms with Crippen LogP contribution in [0, 0.1) is 0 Å². The van der Waals surface area contributed by atoms with Gasteiger partial charge in [0.25, 0.3) is 0 Å². The summed E-state index contributed by atoms with van der Waals surface area (Å²) < 4.78 is 20.9. The molecular weight excluding hydrogens is 579 g/mol. The van der Waals surface area contributed by atoms with Gasteiger partial charge in [-0.3, -0.25) is 4.79 Å². The normalized spacial score (nSPS) is 12.3. The quantitative estimate of drug-likeness (QED) is 0.0358. The van der Waals surface area contributed by atoms with Crippen LogP contribution in [0.15, 0.2) is 60.7 Å². The van der Waals surface area contributed by atoms with Crippen LogP contribution in [0.25, 0.3) is 0 Å². The number of phosphoric acid groups is 1. The Morgan fingerprint density at radius 1 is 0.841 bits per heavy atom. The van der Waals surface area contributed by atoms with Gasteiger partial charge in [-0.1, -0.05) is 82.6 Å². The Bertz CT molecular complexity index is 1160. The number of benzene rings is 2. The van der Waals surface area contributed by atoms with Crippen molar-refractivity contribution < 1.29 is 33.2 Å². The highest BCUT2D eigenvalue weighted by molar-refractivity contribution is 7.43. The highest BCUT2D eigenvalue weighted by Crippen LogP contribution is 2.25. The molecule has 9 nitrogen and oxygen atoms in total. The summed E-state index contributed by atoms with van der Waals surface area (Å²) in [5.41, 5.74) is 7.28. The molecule has 0 spiro atoms. The van der Waals surface area contributed by atoms with Crippen molar-refractivity contribution >= 4 is 25.4 Å². The molecule has 0 heterocycles. The molecule has 1 amide bonds. The molecule has 2 rings (SSSR count). The fraction of sp³-hybridized carbons (Fsp3) is 0.529. The molecule has 2 aromatic rings. The van der Waals surface area contributed by atoms with Gasteiger partial charge in [-0.25, -0.2) is 4.79 Å². The van der Waals surface area contributed by atoms with Gasteiger partial charge in [0.1, 0.15) is 5.75 Å². The first-order chi connectivity index (χ1) is 21.2. The minimum absolute atomic E-state index is 0.225. The summed E-state index contributed by atoms with van der Waals surface area (Å²) in [5, 5.41) is 2.79. The van der Waals surface area contributed by atoms with Crippen LogP contribution in [-0.2, 0) is 20.3 Å². The molecule has 1 atom stereocenters. The molecule has 44 heavy (non-hydrogen) atoms. The maximum absolute atomic E-state index is 12.6. The van der Waals surface area contributed by atoms with Crippen LogP contribution >= 0.6 is 7.82 Å². The van der Waals surface area contributed by atoms with Crippen LogP contribution in [0.5, 0.6) is 5.75 Å². The topological polar surface area (TPSA) is 154 Å². The number of nitrogens with one attached hydrogen (secondary N) is 1. The number of rotatable bonds is 23. The molecular formula is C34H49N2O7P-2. The van der Waals surface area contributed by atoms with E-state index in [1.165, 1.54) is 44.9 Å². The number of carbonyl (C=O) groups excluding carboxylic acids is 2. The number of carbonyl (C=O) groups is 2. The van der Waals surface area contributed by atoms with E-state index in [2.05, 4.69) is 28.9 Å². The van der Waals surface area contributed by atoms with Crippen molar-refractivity contribution in [1.29, 1.82) is 0 Å². The van der Waals surface area contributed by atoms with E-state index in [0.29, 0.717) is 23.4 Å². The van der Waals surface area contributed by atoms with Gasteiger partial charge in [0, 0.05) is 12.1 Å². The summed E-state index contributed by atoms with van der Waals surface area (Å²) in [6.45, 7) is 1.78. The molecule has 0 bridgehead atoms. The van der Waals surface area contributed by atoms with Crippen LogP contribution in [0.3, 0.4) is 0 Å². The van der Waals surface area contributed by atoms with Crippen LogP contribution in [0.4, 0.5) is 5.69 Å². The van der Waals surface area contributed by atoms with E-state index in [1.54, 1.807) is 48.5 Å². The molecule has 2 aromatic carbocycles. The van der Waals surface area contributed by atoms with Crippen molar-refractivity contribution in [3.8, 4) is 5.75 Å². The second kappa shape index (κ2) is 21.7. The number of hydrogen-bond acceptors (Lipinski definition) is 8. The molecule has 0 saturated carbocycles. The third kappa shape index (κ3) is 18.0. The fourth-order valence-electron chi connectivity index (χ4n) is 4.75. The maximum atomic E-state index is 12.6. The molecule has 244 valence electrons. The van der Waals surface area contributed by atoms with Gasteiger partial charge in [-0.15, -0.1) is 0 Å². The van der Waals surface area contributed by atoms with E-state index in [-0.39, 0.29) is 12.3 Å². The van der Waals surface area contributed by atoms with E-state index in [4.69, 9.17) is 10.5 Å². The molecule has 3 N–H and O–H groups in total. The number of ether oxygens (including phenoxy) is 1. The standard InChI is InChI=1S/C34H51N2O7P/c1-2-3-4-5-6-7-8-9-10-11-12-13-14-15-16-17-33(37)36-31(27-42-44(39,40)41)26-28-18-24-32(25-19-28)43-34(38)29-20-22-30(35)23-21-29/h9-10,18-25,31H,2-8,11-17,26-27,35H2,1H3,(H,36,37)(H2,39,40,41)/p-2/b10-9-/t31-/m0/s1. The first-order valence-electron chi connectivity index (χ1n) is 15.9. The van der Waals surface area contributed by atoms with Crippen molar-refractivity contribution in [1.82, 2.24) is 5.32 Å². The number of anilines is 1. The Kier molecular flexibility index (Phi) is 18.3. The average molecular weight is 629 g/mol. The minimum atomic E-state index is -5.20. The monoisotopic (exact) mass is 628 g/mol. The molecule has 0 saturated heterocycles. The first kappa shape index (κ1) is 37.2. The van der Waals surface area contributed by atoms with Crippen molar-refractivity contribution in [2.45, 2.75) is 109 Å². The van der Waals surface area contributed by atoms with E-state index in [9.17, 15) is 23.9 Å². The summed E-state index contributed by atoms with van der Waals surface area (Å²) in [6.07, 6.45) is 20.3. The van der Waals surface area contributed by atoms with Crippen molar-refractivity contribution in [2.24, 2.45) is 0 Å². The predicted octanol–water partition coefficient (Wildman–Crippen LogP) is 6.40. The highest BCUT2D eigenvalue weighted by Gasteiger charge is 2.15. The lowest BCUT2D eigenvalue weighted by molar-refractivity contribution is -0.342. The summed E-state index contributed by atoms with van der Waals surface area (Å²) in [6, 6.07) is 12.2. The van der Waals surface area contributed by atoms with E-state index in [1.807, 2.05) is 0 Å². The van der Waals surface area contributed by atoms with Gasteiger partial charge < -0.3 is 34.7 Å². The molecule has 0 radical (unpaired) electrons. The summed E-state index contributed by atoms with van der Waals surface area (Å²) in [7, 11) is -5.20. The van der Waals surface area contributed by atoms with Crippen molar-refractivity contribution in [2.75, 3.05) is 12.3 Å². The predicted molar refractivity (Wildman–Crippen MR) is 171 cm³/mol. The number of phosphoric ester groups is 1. The zero-order valence-corrected chi connectivity index (χ0v) is 26.9.